The SMILES string of the molecule is Cc1cc(CNCCC2CCCCC2)no1. The third-order valence-electron chi connectivity index (χ3n) is 3.44. The molecule has 0 spiro atoms. The Morgan fingerprint density at radius 1 is 1.38 bits per heavy atom. The van der Waals surface area contributed by atoms with Crippen molar-refractivity contribution in [3.63, 3.8) is 0 Å². The molecule has 0 aromatic carbocycles. The van der Waals surface area contributed by atoms with E-state index in [0.29, 0.717) is 0 Å². The minimum atomic E-state index is 0.837. The molecule has 1 aliphatic carbocycles. The van der Waals surface area contributed by atoms with Gasteiger partial charge in [-0.05, 0) is 25.8 Å². The van der Waals surface area contributed by atoms with Gasteiger partial charge in [0.1, 0.15) is 5.76 Å². The molecule has 2 rings (SSSR count). The number of nitrogens with one attached hydrogen (secondary N) is 1. The summed E-state index contributed by atoms with van der Waals surface area (Å²) in [6.45, 7) is 3.87. The first-order valence-electron chi connectivity index (χ1n) is 6.47. The molecule has 0 aliphatic heterocycles. The van der Waals surface area contributed by atoms with Gasteiger partial charge in [-0.25, -0.2) is 0 Å². The summed E-state index contributed by atoms with van der Waals surface area (Å²) in [5.74, 6) is 1.85. The maximum atomic E-state index is 5.02. The average Bonchev–Trinajstić information content (AvgIpc) is 2.72. The van der Waals surface area contributed by atoms with Crippen LogP contribution in [0.15, 0.2) is 10.6 Å². The van der Waals surface area contributed by atoms with Crippen molar-refractivity contribution in [3.05, 3.63) is 17.5 Å². The summed E-state index contributed by atoms with van der Waals surface area (Å²) >= 11 is 0. The van der Waals surface area contributed by atoms with Crippen molar-refractivity contribution in [3.8, 4) is 0 Å². The minimum absolute atomic E-state index is 0.837. The molecule has 0 bridgehead atoms. The molecule has 3 nitrogen and oxygen atoms in total. The zero-order valence-corrected chi connectivity index (χ0v) is 10.2. The predicted octanol–water partition coefficient (Wildman–Crippen LogP) is 3.04. The molecular weight excluding hydrogens is 200 g/mol. The van der Waals surface area contributed by atoms with Gasteiger partial charge in [-0.2, -0.15) is 0 Å². The lowest BCUT2D eigenvalue weighted by molar-refractivity contribution is 0.332. The molecule has 90 valence electrons. The largest absolute Gasteiger partial charge is 0.361 e. The Balaban J connectivity index is 1.57. The van der Waals surface area contributed by atoms with Crippen molar-refractivity contribution in [2.75, 3.05) is 6.54 Å². The van der Waals surface area contributed by atoms with Crippen LogP contribution in [0.4, 0.5) is 0 Å². The van der Waals surface area contributed by atoms with Crippen LogP contribution in [0, 0.1) is 12.8 Å². The Kier molecular flexibility index (Phi) is 4.40. The molecule has 0 atom stereocenters. The number of rotatable bonds is 5. The van der Waals surface area contributed by atoms with Crippen molar-refractivity contribution < 1.29 is 4.52 Å². The van der Waals surface area contributed by atoms with E-state index < -0.39 is 0 Å². The molecule has 1 aliphatic rings. The van der Waals surface area contributed by atoms with E-state index in [1.54, 1.807) is 0 Å². The number of hydrogen-bond donors (Lipinski definition) is 1. The molecule has 3 heteroatoms. The number of nitrogens with zero attached hydrogens (tertiary/aromatic N) is 1. The number of aryl methyl sites for hydroxylation is 1. The van der Waals surface area contributed by atoms with Crippen molar-refractivity contribution in [1.29, 1.82) is 0 Å². The lowest BCUT2D eigenvalue weighted by Gasteiger charge is -2.21. The van der Waals surface area contributed by atoms with Crippen molar-refractivity contribution >= 4 is 0 Å². The topological polar surface area (TPSA) is 38.1 Å². The van der Waals surface area contributed by atoms with Gasteiger partial charge in [-0.1, -0.05) is 37.3 Å². The van der Waals surface area contributed by atoms with Gasteiger partial charge < -0.3 is 9.84 Å². The average molecular weight is 222 g/mol. The molecule has 16 heavy (non-hydrogen) atoms. The van der Waals surface area contributed by atoms with Crippen LogP contribution in [0.2, 0.25) is 0 Å². The van der Waals surface area contributed by atoms with Crippen LogP contribution in [0.5, 0.6) is 0 Å². The van der Waals surface area contributed by atoms with Crippen molar-refractivity contribution in [2.24, 2.45) is 5.92 Å². The van der Waals surface area contributed by atoms with Crippen LogP contribution in [-0.4, -0.2) is 11.7 Å². The summed E-state index contributed by atoms with van der Waals surface area (Å²) in [6, 6.07) is 1.99. The summed E-state index contributed by atoms with van der Waals surface area (Å²) in [4.78, 5) is 0. The van der Waals surface area contributed by atoms with E-state index >= 15 is 0 Å². The van der Waals surface area contributed by atoms with E-state index in [-0.39, 0.29) is 0 Å². The Morgan fingerprint density at radius 2 is 2.19 bits per heavy atom. The molecule has 0 unspecified atom stereocenters. The first-order chi connectivity index (χ1) is 7.84. The number of aromatic nitrogens is 1. The van der Waals surface area contributed by atoms with E-state index in [1.807, 2.05) is 13.0 Å². The smallest absolute Gasteiger partial charge is 0.133 e. The van der Waals surface area contributed by atoms with Gasteiger partial charge >= 0.3 is 0 Å². The van der Waals surface area contributed by atoms with Crippen LogP contribution in [0.3, 0.4) is 0 Å². The highest BCUT2D eigenvalue weighted by atomic mass is 16.5. The second-order valence-corrected chi connectivity index (χ2v) is 4.90. The van der Waals surface area contributed by atoms with Crippen LogP contribution in [0.1, 0.15) is 50.0 Å². The second-order valence-electron chi connectivity index (χ2n) is 4.90. The summed E-state index contributed by atoms with van der Waals surface area (Å²) in [7, 11) is 0. The van der Waals surface area contributed by atoms with E-state index in [0.717, 1.165) is 30.5 Å². The third-order valence-corrected chi connectivity index (χ3v) is 3.44. The lowest BCUT2D eigenvalue weighted by Crippen LogP contribution is -2.19. The standard InChI is InChI=1S/C13H22N2O/c1-11-9-13(15-16-11)10-14-8-7-12-5-3-2-4-6-12/h9,12,14H,2-8,10H2,1H3. The zero-order valence-electron chi connectivity index (χ0n) is 10.2. The molecule has 1 aromatic rings. The molecule has 1 saturated carbocycles. The minimum Gasteiger partial charge on any atom is -0.361 e. The fourth-order valence-corrected chi connectivity index (χ4v) is 2.50. The van der Waals surface area contributed by atoms with Crippen LogP contribution >= 0.6 is 0 Å². The lowest BCUT2D eigenvalue weighted by atomic mass is 9.87. The maximum Gasteiger partial charge on any atom is 0.133 e. The molecule has 1 aromatic heterocycles. The van der Waals surface area contributed by atoms with Crippen LogP contribution in [0.25, 0.3) is 0 Å². The highest BCUT2D eigenvalue weighted by Gasteiger charge is 2.12. The fourth-order valence-electron chi connectivity index (χ4n) is 2.50. The van der Waals surface area contributed by atoms with Gasteiger partial charge in [0.2, 0.25) is 0 Å². The summed E-state index contributed by atoms with van der Waals surface area (Å²) in [5.41, 5.74) is 1.01. The Hall–Kier alpha value is -0.830. The summed E-state index contributed by atoms with van der Waals surface area (Å²) in [6.07, 6.45) is 8.51. The van der Waals surface area contributed by atoms with Gasteiger partial charge in [0.05, 0.1) is 5.69 Å². The molecule has 0 saturated heterocycles. The van der Waals surface area contributed by atoms with Gasteiger partial charge in [0, 0.05) is 12.6 Å². The highest BCUT2D eigenvalue weighted by Crippen LogP contribution is 2.25. The van der Waals surface area contributed by atoms with Gasteiger partial charge in [-0.3, -0.25) is 0 Å². The molecule has 0 radical (unpaired) electrons. The molecule has 1 heterocycles. The van der Waals surface area contributed by atoms with Crippen molar-refractivity contribution in [1.82, 2.24) is 10.5 Å². The Labute approximate surface area is 97.6 Å². The molecule has 1 fully saturated rings. The van der Waals surface area contributed by atoms with Crippen LogP contribution < -0.4 is 5.32 Å². The van der Waals surface area contributed by atoms with Crippen molar-refractivity contribution in [2.45, 2.75) is 52.0 Å². The Morgan fingerprint density at radius 3 is 2.88 bits per heavy atom. The predicted molar refractivity (Wildman–Crippen MR) is 64.1 cm³/mol. The van der Waals surface area contributed by atoms with E-state index in [9.17, 15) is 0 Å². The Bertz CT molecular complexity index is 303. The molecular formula is C13H22N2O. The zero-order chi connectivity index (χ0) is 11.2. The van der Waals surface area contributed by atoms with Crippen LogP contribution in [-0.2, 0) is 6.54 Å². The first kappa shape index (κ1) is 11.6. The van der Waals surface area contributed by atoms with Gasteiger partial charge in [0.25, 0.3) is 0 Å². The van der Waals surface area contributed by atoms with Gasteiger partial charge in [-0.15, -0.1) is 0 Å². The first-order valence-corrected chi connectivity index (χ1v) is 6.47. The third kappa shape index (κ3) is 3.63. The maximum absolute atomic E-state index is 5.02. The number of hydrogen-bond acceptors (Lipinski definition) is 3. The summed E-state index contributed by atoms with van der Waals surface area (Å²) in [5, 5.41) is 7.40. The monoisotopic (exact) mass is 222 g/mol. The van der Waals surface area contributed by atoms with E-state index in [2.05, 4.69) is 10.5 Å². The second kappa shape index (κ2) is 6.04. The summed E-state index contributed by atoms with van der Waals surface area (Å²) < 4.78 is 5.02. The quantitative estimate of drug-likeness (QED) is 0.778. The normalized spacial score (nSPS) is 17.8. The van der Waals surface area contributed by atoms with Gasteiger partial charge in [0.15, 0.2) is 0 Å². The molecule has 1 N–H and O–H groups in total. The highest BCUT2D eigenvalue weighted by molar-refractivity contribution is 5.02. The van der Waals surface area contributed by atoms with E-state index in [1.165, 1.54) is 38.5 Å². The van der Waals surface area contributed by atoms with E-state index in [4.69, 9.17) is 4.52 Å². The molecule has 0 amide bonds. The fraction of sp³-hybridized carbons (Fsp3) is 0.769.